The summed E-state index contributed by atoms with van der Waals surface area (Å²) in [6, 6.07) is 8.48. The van der Waals surface area contributed by atoms with Crippen LogP contribution >= 0.6 is 11.3 Å². The molecule has 5 aromatic rings. The van der Waals surface area contributed by atoms with E-state index in [9.17, 15) is 14.7 Å². The van der Waals surface area contributed by atoms with E-state index in [1.807, 2.05) is 12.1 Å². The van der Waals surface area contributed by atoms with Crippen molar-refractivity contribution >= 4 is 38.6 Å². The molecule has 4 aromatic heterocycles. The maximum atomic E-state index is 15.4. The van der Waals surface area contributed by atoms with Crippen molar-refractivity contribution in [1.82, 2.24) is 24.2 Å². The number of aliphatic hydroxyl groups is 1. The Bertz CT molecular complexity index is 2200. The SMILES string of the molecule is Cn1cc(-c2cc(F)cc(-n3ncc4c5c(sc4c3=O)CC(C)(C)C5)c2CO)cc(Nc2ccc(N3CCN(C4COC4)CC3)cn2)c1=O. The predicted molar refractivity (Wildman–Crippen MR) is 189 cm³/mol. The van der Waals surface area contributed by atoms with Gasteiger partial charge in [0.1, 0.15) is 22.0 Å². The Hall–Kier alpha value is -4.43. The van der Waals surface area contributed by atoms with Gasteiger partial charge in [-0.2, -0.15) is 9.78 Å². The maximum Gasteiger partial charge on any atom is 0.289 e. The number of nitrogens with one attached hydrogen (secondary N) is 1. The summed E-state index contributed by atoms with van der Waals surface area (Å²) in [7, 11) is 1.61. The summed E-state index contributed by atoms with van der Waals surface area (Å²) in [5, 5.41) is 19.1. The number of hydrogen-bond acceptors (Lipinski definition) is 10. The van der Waals surface area contributed by atoms with Crippen LogP contribution in [0.2, 0.25) is 0 Å². The fourth-order valence-electron chi connectivity index (χ4n) is 7.32. The minimum Gasteiger partial charge on any atom is -0.392 e. The van der Waals surface area contributed by atoms with E-state index in [1.165, 1.54) is 37.6 Å². The smallest absolute Gasteiger partial charge is 0.289 e. The van der Waals surface area contributed by atoms with Gasteiger partial charge in [-0.05, 0) is 53.6 Å². The summed E-state index contributed by atoms with van der Waals surface area (Å²) in [5.74, 6) is -0.116. The molecule has 254 valence electrons. The van der Waals surface area contributed by atoms with Gasteiger partial charge in [0.2, 0.25) is 0 Å². The van der Waals surface area contributed by atoms with Crippen LogP contribution in [0, 0.1) is 11.2 Å². The number of halogens is 1. The first-order chi connectivity index (χ1) is 23.6. The standard InChI is InChI=1S/C36H38FN7O4S/c1-36(2)13-26-27-16-39-44(35(47)33(27)49-31(26)14-36)30-12-22(37)11-25(28(30)18-45)21-10-29(34(46)41(3)17-21)40-32-5-4-23(15-38-32)42-6-8-43(9-7-42)24-19-48-20-24/h4-5,10-12,15-17,24,45H,6-9,13-14,18-20H2,1-3H3,(H,38,40). The van der Waals surface area contributed by atoms with E-state index in [0.717, 1.165) is 68.9 Å². The average molecular weight is 684 g/mol. The van der Waals surface area contributed by atoms with Crippen LogP contribution in [0.5, 0.6) is 0 Å². The van der Waals surface area contributed by atoms with Crippen LogP contribution in [-0.4, -0.2) is 74.8 Å². The van der Waals surface area contributed by atoms with Crippen molar-refractivity contribution in [3.8, 4) is 16.8 Å². The molecule has 13 heteroatoms. The third-order valence-corrected chi connectivity index (χ3v) is 11.2. The molecule has 2 aliphatic heterocycles. The van der Waals surface area contributed by atoms with Crippen LogP contribution in [0.4, 0.5) is 21.6 Å². The van der Waals surface area contributed by atoms with E-state index >= 15 is 4.39 Å². The van der Waals surface area contributed by atoms with E-state index < -0.39 is 12.4 Å². The van der Waals surface area contributed by atoms with Crippen molar-refractivity contribution in [3.63, 3.8) is 0 Å². The van der Waals surface area contributed by atoms with Crippen LogP contribution < -0.4 is 21.3 Å². The van der Waals surface area contributed by atoms with Crippen LogP contribution in [0.3, 0.4) is 0 Å². The number of rotatable bonds is 7. The number of nitrogens with zero attached hydrogens (tertiary/aromatic N) is 6. The van der Waals surface area contributed by atoms with Crippen molar-refractivity contribution in [1.29, 1.82) is 0 Å². The highest BCUT2D eigenvalue weighted by Gasteiger charge is 2.33. The van der Waals surface area contributed by atoms with Crippen molar-refractivity contribution in [2.24, 2.45) is 12.5 Å². The lowest BCUT2D eigenvalue weighted by atomic mass is 9.90. The highest BCUT2D eigenvalue weighted by Crippen LogP contribution is 2.44. The number of hydrogen-bond donors (Lipinski definition) is 2. The number of piperazine rings is 1. The summed E-state index contributed by atoms with van der Waals surface area (Å²) in [4.78, 5) is 37.6. The highest BCUT2D eigenvalue weighted by atomic mass is 32.1. The molecule has 1 aliphatic carbocycles. The second-order valence-electron chi connectivity index (χ2n) is 14.0. The molecule has 0 spiro atoms. The predicted octanol–water partition coefficient (Wildman–Crippen LogP) is 4.23. The minimum absolute atomic E-state index is 0.135. The Labute approximate surface area is 286 Å². The van der Waals surface area contributed by atoms with E-state index in [-0.39, 0.29) is 27.9 Å². The molecule has 3 aliphatic rings. The zero-order valence-corrected chi connectivity index (χ0v) is 28.5. The third-order valence-electron chi connectivity index (χ3n) is 10.0. The lowest BCUT2D eigenvalue weighted by Crippen LogP contribution is -2.56. The largest absolute Gasteiger partial charge is 0.392 e. The summed E-state index contributed by atoms with van der Waals surface area (Å²) in [6.45, 7) is 9.32. The quantitative estimate of drug-likeness (QED) is 0.260. The number of ether oxygens (including phenoxy) is 1. The van der Waals surface area contributed by atoms with Gasteiger partial charge in [-0.3, -0.25) is 14.5 Å². The number of thiophene rings is 1. The zero-order chi connectivity index (χ0) is 34.0. The number of pyridine rings is 2. The maximum absolute atomic E-state index is 15.4. The number of aliphatic hydroxyl groups excluding tert-OH is 1. The third kappa shape index (κ3) is 5.74. The minimum atomic E-state index is -0.603. The molecule has 0 amide bonds. The van der Waals surface area contributed by atoms with Gasteiger partial charge in [-0.25, -0.2) is 9.37 Å². The van der Waals surface area contributed by atoms with Crippen molar-refractivity contribution < 1.29 is 14.2 Å². The van der Waals surface area contributed by atoms with Gasteiger partial charge in [-0.15, -0.1) is 11.3 Å². The molecule has 1 aromatic carbocycles. The Morgan fingerprint density at radius 1 is 1.06 bits per heavy atom. The molecule has 0 bridgehead atoms. The van der Waals surface area contributed by atoms with Crippen LogP contribution in [0.15, 0.2) is 58.5 Å². The van der Waals surface area contributed by atoms with Crippen LogP contribution in [-0.2, 0) is 31.2 Å². The van der Waals surface area contributed by atoms with E-state index in [1.54, 1.807) is 31.7 Å². The second kappa shape index (κ2) is 12.2. The number of fused-ring (bicyclic) bond motifs is 3. The first-order valence-corrected chi connectivity index (χ1v) is 17.4. The molecule has 2 saturated heterocycles. The van der Waals surface area contributed by atoms with E-state index in [0.29, 0.717) is 33.2 Å². The molecule has 0 unspecified atom stereocenters. The molecule has 49 heavy (non-hydrogen) atoms. The van der Waals surface area contributed by atoms with E-state index in [4.69, 9.17) is 4.74 Å². The van der Waals surface area contributed by atoms with Crippen LogP contribution in [0.1, 0.15) is 29.9 Å². The average Bonchev–Trinajstić information content (AvgIpc) is 3.55. The van der Waals surface area contributed by atoms with Gasteiger partial charge < -0.3 is 24.6 Å². The van der Waals surface area contributed by atoms with Crippen molar-refractivity contribution in [2.75, 3.05) is 49.6 Å². The molecule has 0 saturated carbocycles. The number of benzene rings is 1. The highest BCUT2D eigenvalue weighted by molar-refractivity contribution is 7.19. The lowest BCUT2D eigenvalue weighted by molar-refractivity contribution is -0.0660. The number of aromatic nitrogens is 4. The van der Waals surface area contributed by atoms with Crippen LogP contribution in [0.25, 0.3) is 26.9 Å². The topological polar surface area (TPSA) is 118 Å². The van der Waals surface area contributed by atoms with Gasteiger partial charge in [0.05, 0.1) is 49.6 Å². The molecule has 2 N–H and O–H groups in total. The fraction of sp³-hybridized carbons (Fsp3) is 0.389. The van der Waals surface area contributed by atoms with Crippen molar-refractivity contribution in [2.45, 2.75) is 39.3 Å². The van der Waals surface area contributed by atoms with Gasteiger partial charge in [0.25, 0.3) is 11.1 Å². The molecular weight excluding hydrogens is 646 g/mol. The molecule has 11 nitrogen and oxygen atoms in total. The Balaban J connectivity index is 1.09. The molecular formula is C36H38FN7O4S. The zero-order valence-electron chi connectivity index (χ0n) is 27.7. The molecule has 0 atom stereocenters. The first kappa shape index (κ1) is 31.8. The summed E-state index contributed by atoms with van der Waals surface area (Å²) in [6.07, 6.45) is 6.82. The monoisotopic (exact) mass is 683 g/mol. The van der Waals surface area contributed by atoms with Gasteiger partial charge in [0.15, 0.2) is 0 Å². The summed E-state index contributed by atoms with van der Waals surface area (Å²) in [5.41, 5.74) is 3.18. The number of anilines is 3. The summed E-state index contributed by atoms with van der Waals surface area (Å²) >= 11 is 1.47. The first-order valence-electron chi connectivity index (χ1n) is 16.6. The molecule has 2 fully saturated rings. The molecule has 6 heterocycles. The molecule has 0 radical (unpaired) electrons. The summed E-state index contributed by atoms with van der Waals surface area (Å²) < 4.78 is 23.8. The normalized spacial score (nSPS) is 17.8. The van der Waals surface area contributed by atoms with Gasteiger partial charge in [0, 0.05) is 66.9 Å². The molecule has 8 rings (SSSR count). The lowest BCUT2D eigenvalue weighted by Gasteiger charge is -2.43. The Morgan fingerprint density at radius 2 is 1.86 bits per heavy atom. The Kier molecular flexibility index (Phi) is 7.90. The van der Waals surface area contributed by atoms with Gasteiger partial charge in [-0.1, -0.05) is 13.8 Å². The Morgan fingerprint density at radius 3 is 2.55 bits per heavy atom. The number of aryl methyl sites for hydroxylation is 1. The fourth-order valence-corrected chi connectivity index (χ4v) is 8.79. The second-order valence-corrected chi connectivity index (χ2v) is 15.1. The van der Waals surface area contributed by atoms with Crippen molar-refractivity contribution in [3.05, 3.63) is 91.5 Å². The van der Waals surface area contributed by atoms with Gasteiger partial charge >= 0.3 is 0 Å². The van der Waals surface area contributed by atoms with E-state index in [2.05, 4.69) is 39.0 Å².